The molecule has 2 aliphatic heterocycles. The van der Waals surface area contributed by atoms with Crippen LogP contribution in [-0.2, 0) is 14.5 Å². The molecule has 0 aliphatic carbocycles. The number of carbonyl (C=O) groups excluding carboxylic acids is 2. The quantitative estimate of drug-likeness (QED) is 0.780. The molecule has 0 saturated carbocycles. The SMILES string of the molecule is CC1(C)CC(=O)CC(C)(C)N1ON1C(C)(C)CC(=O)CC1(C)C. The number of nitrogens with zero attached hydrogens (tertiary/aromatic N) is 2. The highest BCUT2D eigenvalue weighted by molar-refractivity contribution is 5.82. The van der Waals surface area contributed by atoms with Gasteiger partial charge >= 0.3 is 0 Å². The van der Waals surface area contributed by atoms with Crippen LogP contribution in [0.25, 0.3) is 0 Å². The van der Waals surface area contributed by atoms with Crippen molar-refractivity contribution < 1.29 is 14.5 Å². The Bertz CT molecular complexity index is 434. The summed E-state index contributed by atoms with van der Waals surface area (Å²) in [6.07, 6.45) is 1.90. The second kappa shape index (κ2) is 5.36. The fraction of sp³-hybridized carbons (Fsp3) is 0.889. The van der Waals surface area contributed by atoms with Gasteiger partial charge in [-0.2, -0.15) is 10.1 Å². The monoisotopic (exact) mass is 324 g/mol. The summed E-state index contributed by atoms with van der Waals surface area (Å²) in [6, 6.07) is 0. The summed E-state index contributed by atoms with van der Waals surface area (Å²) in [6.45, 7) is 16.3. The van der Waals surface area contributed by atoms with Crippen molar-refractivity contribution in [3.8, 4) is 0 Å². The average Bonchev–Trinajstić information content (AvgIpc) is 2.19. The third kappa shape index (κ3) is 3.52. The number of carbonyl (C=O) groups is 2. The highest BCUT2D eigenvalue weighted by Crippen LogP contribution is 2.42. The first kappa shape index (κ1) is 18.6. The Morgan fingerprint density at radius 2 is 0.826 bits per heavy atom. The van der Waals surface area contributed by atoms with Crippen molar-refractivity contribution in [2.75, 3.05) is 0 Å². The minimum atomic E-state index is -0.382. The van der Waals surface area contributed by atoms with E-state index in [0.717, 1.165) is 0 Å². The van der Waals surface area contributed by atoms with Gasteiger partial charge in [0.05, 0.1) is 22.2 Å². The van der Waals surface area contributed by atoms with Gasteiger partial charge in [0.25, 0.3) is 0 Å². The highest BCUT2D eigenvalue weighted by atomic mass is 16.8. The van der Waals surface area contributed by atoms with Crippen molar-refractivity contribution in [3.63, 3.8) is 0 Å². The van der Waals surface area contributed by atoms with Gasteiger partial charge < -0.3 is 0 Å². The predicted octanol–water partition coefficient (Wildman–Crippen LogP) is 3.28. The average molecular weight is 324 g/mol. The van der Waals surface area contributed by atoms with Gasteiger partial charge in [-0.15, -0.1) is 0 Å². The Balaban J connectivity index is 2.34. The van der Waals surface area contributed by atoms with Crippen LogP contribution in [0.1, 0.15) is 81.1 Å². The molecule has 0 aromatic carbocycles. The third-order valence-corrected chi connectivity index (χ3v) is 4.88. The molecule has 0 spiro atoms. The Labute approximate surface area is 140 Å². The number of rotatable bonds is 2. The molecule has 2 saturated heterocycles. The smallest absolute Gasteiger partial charge is 0.136 e. The first-order valence-electron chi connectivity index (χ1n) is 8.50. The van der Waals surface area contributed by atoms with Crippen molar-refractivity contribution in [2.45, 2.75) is 103 Å². The maximum atomic E-state index is 12.1. The molecule has 0 amide bonds. The van der Waals surface area contributed by atoms with E-state index in [1.54, 1.807) is 0 Å². The summed E-state index contributed by atoms with van der Waals surface area (Å²) in [5, 5.41) is 3.95. The summed E-state index contributed by atoms with van der Waals surface area (Å²) in [4.78, 5) is 30.6. The Hall–Kier alpha value is -0.780. The molecule has 2 fully saturated rings. The number of piperidine rings is 2. The fourth-order valence-corrected chi connectivity index (χ4v) is 4.50. The number of ketones is 2. The van der Waals surface area contributed by atoms with Crippen LogP contribution in [0.15, 0.2) is 0 Å². The van der Waals surface area contributed by atoms with Crippen LogP contribution in [0.2, 0.25) is 0 Å². The standard InChI is InChI=1S/C18H32N2O3/c1-15(2)9-13(21)10-16(3,4)19(15)23-20-17(5,6)11-14(22)12-18(20,7)8/h9-12H2,1-8H3. The zero-order chi connectivity index (χ0) is 17.8. The Kier molecular flexibility index (Phi) is 4.33. The van der Waals surface area contributed by atoms with Gasteiger partial charge in [0.15, 0.2) is 0 Å². The van der Waals surface area contributed by atoms with E-state index in [1.807, 2.05) is 65.5 Å². The predicted molar refractivity (Wildman–Crippen MR) is 89.6 cm³/mol. The zero-order valence-electron chi connectivity index (χ0n) is 15.9. The summed E-state index contributed by atoms with van der Waals surface area (Å²) in [5.41, 5.74) is -1.53. The van der Waals surface area contributed by atoms with Gasteiger partial charge in [0, 0.05) is 25.7 Å². The van der Waals surface area contributed by atoms with E-state index in [2.05, 4.69) is 0 Å². The van der Waals surface area contributed by atoms with Crippen molar-refractivity contribution in [1.29, 1.82) is 0 Å². The van der Waals surface area contributed by atoms with Crippen LogP contribution in [0, 0.1) is 0 Å². The molecule has 132 valence electrons. The Morgan fingerprint density at radius 1 is 0.609 bits per heavy atom. The number of hydrogen-bond donors (Lipinski definition) is 0. The molecular formula is C18H32N2O3. The highest BCUT2D eigenvalue weighted by Gasteiger charge is 2.52. The molecule has 5 nitrogen and oxygen atoms in total. The van der Waals surface area contributed by atoms with Crippen molar-refractivity contribution in [2.24, 2.45) is 0 Å². The van der Waals surface area contributed by atoms with Crippen LogP contribution in [-0.4, -0.2) is 43.8 Å². The molecule has 0 unspecified atom stereocenters. The molecule has 2 aliphatic rings. The van der Waals surface area contributed by atoms with Gasteiger partial charge in [-0.05, 0) is 55.4 Å². The summed E-state index contributed by atoms with van der Waals surface area (Å²) in [5.74, 6) is 0.541. The van der Waals surface area contributed by atoms with Crippen LogP contribution < -0.4 is 0 Å². The molecule has 0 aromatic rings. The van der Waals surface area contributed by atoms with Crippen molar-refractivity contribution >= 4 is 11.6 Å². The van der Waals surface area contributed by atoms with Crippen LogP contribution in [0.5, 0.6) is 0 Å². The van der Waals surface area contributed by atoms with E-state index in [1.165, 1.54) is 0 Å². The van der Waals surface area contributed by atoms with Crippen LogP contribution >= 0.6 is 0 Å². The number of Topliss-reactive ketones (excluding diaryl/α,β-unsaturated/α-hetero) is 2. The topological polar surface area (TPSA) is 49.9 Å². The normalized spacial score (nSPS) is 30.4. The fourth-order valence-electron chi connectivity index (χ4n) is 4.50. The molecule has 0 aromatic heterocycles. The molecule has 0 N–H and O–H groups in total. The first-order chi connectivity index (χ1) is 10.2. The second-order valence-electron chi connectivity index (χ2n) is 9.70. The van der Waals surface area contributed by atoms with Crippen LogP contribution in [0.3, 0.4) is 0 Å². The van der Waals surface area contributed by atoms with Crippen molar-refractivity contribution in [3.05, 3.63) is 0 Å². The van der Waals surface area contributed by atoms with Gasteiger partial charge in [-0.1, -0.05) is 0 Å². The molecule has 0 bridgehead atoms. The van der Waals surface area contributed by atoms with Gasteiger partial charge in [-0.25, -0.2) is 4.94 Å². The molecule has 2 heterocycles. The van der Waals surface area contributed by atoms with E-state index >= 15 is 0 Å². The van der Waals surface area contributed by atoms with Crippen LogP contribution in [0.4, 0.5) is 0 Å². The maximum absolute atomic E-state index is 12.1. The molecule has 23 heavy (non-hydrogen) atoms. The lowest BCUT2D eigenvalue weighted by Crippen LogP contribution is -2.68. The Morgan fingerprint density at radius 3 is 1.04 bits per heavy atom. The lowest BCUT2D eigenvalue weighted by atomic mass is 9.80. The zero-order valence-corrected chi connectivity index (χ0v) is 15.9. The third-order valence-electron chi connectivity index (χ3n) is 4.88. The molecular weight excluding hydrogens is 292 g/mol. The van der Waals surface area contributed by atoms with Gasteiger partial charge in [-0.3, -0.25) is 9.59 Å². The summed E-state index contributed by atoms with van der Waals surface area (Å²) >= 11 is 0. The van der Waals surface area contributed by atoms with Gasteiger partial charge in [0.2, 0.25) is 0 Å². The molecule has 0 radical (unpaired) electrons. The largest absolute Gasteiger partial charge is 0.300 e. The molecule has 2 rings (SSSR count). The minimum Gasteiger partial charge on any atom is -0.300 e. The van der Waals surface area contributed by atoms with E-state index in [-0.39, 0.29) is 33.7 Å². The number of hydroxylamine groups is 4. The summed E-state index contributed by atoms with van der Waals surface area (Å²) < 4.78 is 0. The lowest BCUT2D eigenvalue weighted by molar-refractivity contribution is -0.435. The van der Waals surface area contributed by atoms with E-state index in [4.69, 9.17) is 4.94 Å². The molecule has 5 heteroatoms. The minimum absolute atomic E-state index is 0.271. The van der Waals surface area contributed by atoms with E-state index < -0.39 is 0 Å². The van der Waals surface area contributed by atoms with E-state index in [9.17, 15) is 9.59 Å². The summed E-state index contributed by atoms with van der Waals surface area (Å²) in [7, 11) is 0. The van der Waals surface area contributed by atoms with Gasteiger partial charge in [0.1, 0.15) is 11.6 Å². The first-order valence-corrected chi connectivity index (χ1v) is 8.50. The maximum Gasteiger partial charge on any atom is 0.136 e. The second-order valence-corrected chi connectivity index (χ2v) is 9.70. The lowest BCUT2D eigenvalue weighted by Gasteiger charge is -2.57. The van der Waals surface area contributed by atoms with Crippen molar-refractivity contribution in [1.82, 2.24) is 10.1 Å². The molecule has 0 atom stereocenters. The number of hydrogen-bond acceptors (Lipinski definition) is 5. The van der Waals surface area contributed by atoms with E-state index in [0.29, 0.717) is 25.7 Å².